The molecule has 1 unspecified atom stereocenters. The summed E-state index contributed by atoms with van der Waals surface area (Å²) in [5, 5.41) is 3.53. The van der Waals surface area contributed by atoms with Gasteiger partial charge in [0.15, 0.2) is 0 Å². The van der Waals surface area contributed by atoms with Gasteiger partial charge in [0, 0.05) is 24.7 Å². The normalized spacial score (nSPS) is 12.7. The van der Waals surface area contributed by atoms with E-state index >= 15 is 0 Å². The molecule has 1 rings (SSSR count). The summed E-state index contributed by atoms with van der Waals surface area (Å²) in [6.07, 6.45) is 0.218. The third kappa shape index (κ3) is 6.64. The Morgan fingerprint density at radius 2 is 1.90 bits per heavy atom. The summed E-state index contributed by atoms with van der Waals surface area (Å²) in [4.78, 5) is 0. The van der Waals surface area contributed by atoms with Gasteiger partial charge in [-0.05, 0) is 38.1 Å². The lowest BCUT2D eigenvalue weighted by molar-refractivity contribution is 0.218. The van der Waals surface area contributed by atoms with Crippen LogP contribution in [-0.4, -0.2) is 37.9 Å². The van der Waals surface area contributed by atoms with Crippen LogP contribution in [0.15, 0.2) is 24.3 Å². The monoisotopic (exact) mass is 297 g/mol. The van der Waals surface area contributed by atoms with E-state index in [1.807, 2.05) is 25.6 Å². The van der Waals surface area contributed by atoms with E-state index in [9.17, 15) is 0 Å². The molecule has 0 amide bonds. The van der Waals surface area contributed by atoms with Gasteiger partial charge in [0.25, 0.3) is 0 Å². The summed E-state index contributed by atoms with van der Waals surface area (Å²) in [5.74, 6) is 3.03. The maximum absolute atomic E-state index is 5.68. The SMILES string of the molecule is CCNC(CSCCOC)c1ccc(OC(C)C)cc1. The summed E-state index contributed by atoms with van der Waals surface area (Å²) in [7, 11) is 1.75. The van der Waals surface area contributed by atoms with Crippen molar-refractivity contribution in [2.45, 2.75) is 32.9 Å². The number of benzene rings is 1. The fourth-order valence-corrected chi connectivity index (χ4v) is 2.91. The Hall–Kier alpha value is -0.710. The van der Waals surface area contributed by atoms with Crippen LogP contribution >= 0.6 is 11.8 Å². The molecule has 0 heterocycles. The van der Waals surface area contributed by atoms with E-state index < -0.39 is 0 Å². The van der Waals surface area contributed by atoms with Gasteiger partial charge in [-0.15, -0.1) is 0 Å². The standard InChI is InChI=1S/C16H27NO2S/c1-5-17-16(12-20-11-10-18-4)14-6-8-15(9-7-14)19-13(2)3/h6-9,13,16-17H,5,10-12H2,1-4H3. The average Bonchev–Trinajstić information content (AvgIpc) is 2.43. The largest absolute Gasteiger partial charge is 0.491 e. The van der Waals surface area contributed by atoms with Crippen LogP contribution in [0.25, 0.3) is 0 Å². The summed E-state index contributed by atoms with van der Waals surface area (Å²) in [5.41, 5.74) is 1.31. The molecule has 1 aromatic carbocycles. The van der Waals surface area contributed by atoms with E-state index in [0.29, 0.717) is 6.04 Å². The van der Waals surface area contributed by atoms with Crippen LogP contribution in [0.5, 0.6) is 5.75 Å². The van der Waals surface area contributed by atoms with Crippen LogP contribution in [0.1, 0.15) is 32.4 Å². The maximum Gasteiger partial charge on any atom is 0.119 e. The van der Waals surface area contributed by atoms with Crippen molar-refractivity contribution in [3.05, 3.63) is 29.8 Å². The molecular weight excluding hydrogens is 270 g/mol. The van der Waals surface area contributed by atoms with Gasteiger partial charge in [-0.2, -0.15) is 11.8 Å². The van der Waals surface area contributed by atoms with Crippen molar-refractivity contribution < 1.29 is 9.47 Å². The second-order valence-corrected chi connectivity index (χ2v) is 6.06. The average molecular weight is 297 g/mol. The Labute approximate surface area is 127 Å². The minimum atomic E-state index is 0.218. The van der Waals surface area contributed by atoms with E-state index in [2.05, 4.69) is 36.5 Å². The first kappa shape index (κ1) is 17.3. The number of hydrogen-bond donors (Lipinski definition) is 1. The molecule has 4 heteroatoms. The Morgan fingerprint density at radius 3 is 2.45 bits per heavy atom. The second-order valence-electron chi connectivity index (χ2n) is 4.91. The first-order chi connectivity index (χ1) is 9.67. The number of methoxy groups -OCH3 is 1. The summed E-state index contributed by atoms with van der Waals surface area (Å²) < 4.78 is 10.8. The van der Waals surface area contributed by atoms with Gasteiger partial charge in [-0.1, -0.05) is 19.1 Å². The number of hydrogen-bond acceptors (Lipinski definition) is 4. The molecule has 0 radical (unpaired) electrons. The molecule has 0 bridgehead atoms. The molecule has 0 aliphatic carbocycles. The van der Waals surface area contributed by atoms with Crippen molar-refractivity contribution in [1.82, 2.24) is 5.32 Å². The number of thioether (sulfide) groups is 1. The highest BCUT2D eigenvalue weighted by Gasteiger charge is 2.10. The Balaban J connectivity index is 2.56. The molecule has 0 saturated heterocycles. The minimum Gasteiger partial charge on any atom is -0.491 e. The lowest BCUT2D eigenvalue weighted by atomic mass is 10.1. The molecule has 114 valence electrons. The van der Waals surface area contributed by atoms with Gasteiger partial charge in [0.2, 0.25) is 0 Å². The lowest BCUT2D eigenvalue weighted by Gasteiger charge is -2.19. The predicted molar refractivity (Wildman–Crippen MR) is 87.8 cm³/mol. The maximum atomic E-state index is 5.68. The second kappa shape index (κ2) is 10.1. The Bertz CT molecular complexity index is 354. The van der Waals surface area contributed by atoms with Crippen LogP contribution in [0.2, 0.25) is 0 Å². The summed E-state index contributed by atoms with van der Waals surface area (Å²) in [6.45, 7) is 8.01. The van der Waals surface area contributed by atoms with Gasteiger partial charge >= 0.3 is 0 Å². The van der Waals surface area contributed by atoms with Crippen molar-refractivity contribution in [2.24, 2.45) is 0 Å². The zero-order chi connectivity index (χ0) is 14.8. The quantitative estimate of drug-likeness (QED) is 0.670. The molecule has 1 aromatic rings. The number of nitrogens with one attached hydrogen (secondary N) is 1. The van der Waals surface area contributed by atoms with Crippen LogP contribution in [0.4, 0.5) is 0 Å². The van der Waals surface area contributed by atoms with Gasteiger partial charge in [0.05, 0.1) is 12.7 Å². The third-order valence-corrected chi connectivity index (χ3v) is 3.85. The Morgan fingerprint density at radius 1 is 1.20 bits per heavy atom. The highest BCUT2D eigenvalue weighted by molar-refractivity contribution is 7.99. The smallest absolute Gasteiger partial charge is 0.119 e. The lowest BCUT2D eigenvalue weighted by Crippen LogP contribution is -2.23. The van der Waals surface area contributed by atoms with Crippen LogP contribution < -0.4 is 10.1 Å². The molecule has 0 aromatic heterocycles. The van der Waals surface area contributed by atoms with Gasteiger partial charge in [-0.25, -0.2) is 0 Å². The molecule has 1 atom stereocenters. The molecule has 0 aliphatic heterocycles. The van der Waals surface area contributed by atoms with E-state index in [-0.39, 0.29) is 6.10 Å². The molecule has 20 heavy (non-hydrogen) atoms. The molecule has 1 N–H and O–H groups in total. The topological polar surface area (TPSA) is 30.5 Å². The first-order valence-electron chi connectivity index (χ1n) is 7.24. The zero-order valence-electron chi connectivity index (χ0n) is 13.0. The summed E-state index contributed by atoms with van der Waals surface area (Å²) in [6, 6.07) is 8.80. The Kier molecular flexibility index (Phi) is 8.74. The van der Waals surface area contributed by atoms with Crippen molar-refractivity contribution >= 4 is 11.8 Å². The van der Waals surface area contributed by atoms with Crippen molar-refractivity contribution in [1.29, 1.82) is 0 Å². The fourth-order valence-electron chi connectivity index (χ4n) is 1.91. The third-order valence-electron chi connectivity index (χ3n) is 2.82. The van der Waals surface area contributed by atoms with E-state index in [1.54, 1.807) is 7.11 Å². The van der Waals surface area contributed by atoms with Gasteiger partial charge in [0.1, 0.15) is 5.75 Å². The van der Waals surface area contributed by atoms with Crippen LogP contribution in [0, 0.1) is 0 Å². The predicted octanol–water partition coefficient (Wildman–Crippen LogP) is 3.50. The first-order valence-corrected chi connectivity index (χ1v) is 8.39. The van der Waals surface area contributed by atoms with E-state index in [0.717, 1.165) is 30.4 Å². The molecule has 0 spiro atoms. The van der Waals surface area contributed by atoms with E-state index in [4.69, 9.17) is 9.47 Å². The van der Waals surface area contributed by atoms with Gasteiger partial charge in [-0.3, -0.25) is 0 Å². The fraction of sp³-hybridized carbons (Fsp3) is 0.625. The van der Waals surface area contributed by atoms with Crippen LogP contribution in [0.3, 0.4) is 0 Å². The highest BCUT2D eigenvalue weighted by atomic mass is 32.2. The summed E-state index contributed by atoms with van der Waals surface area (Å²) >= 11 is 1.92. The van der Waals surface area contributed by atoms with Gasteiger partial charge < -0.3 is 14.8 Å². The van der Waals surface area contributed by atoms with E-state index in [1.165, 1.54) is 5.56 Å². The zero-order valence-corrected chi connectivity index (χ0v) is 13.8. The molecule has 3 nitrogen and oxygen atoms in total. The molecule has 0 aliphatic rings. The number of ether oxygens (including phenoxy) is 2. The highest BCUT2D eigenvalue weighted by Crippen LogP contribution is 2.22. The van der Waals surface area contributed by atoms with Crippen molar-refractivity contribution in [2.75, 3.05) is 31.8 Å². The van der Waals surface area contributed by atoms with Crippen molar-refractivity contribution in [3.63, 3.8) is 0 Å². The molecular formula is C16H27NO2S. The number of rotatable bonds is 10. The van der Waals surface area contributed by atoms with Crippen molar-refractivity contribution in [3.8, 4) is 5.75 Å². The van der Waals surface area contributed by atoms with Crippen LogP contribution in [-0.2, 0) is 4.74 Å². The minimum absolute atomic E-state index is 0.218. The molecule has 0 fully saturated rings. The molecule has 0 saturated carbocycles.